The molecular weight excluding hydrogens is 412 g/mol. The minimum atomic E-state index is -0.206. The number of benzene rings is 1. The summed E-state index contributed by atoms with van der Waals surface area (Å²) in [6, 6.07) is 11.5. The van der Waals surface area contributed by atoms with E-state index in [0.29, 0.717) is 14.3 Å². The van der Waals surface area contributed by atoms with Crippen molar-refractivity contribution >= 4 is 57.1 Å². The van der Waals surface area contributed by atoms with Gasteiger partial charge in [0.05, 0.1) is 10.6 Å². The average Bonchev–Trinajstić information content (AvgIpc) is 3.38. The Morgan fingerprint density at radius 2 is 1.93 bits per heavy atom. The molecule has 2 N–H and O–H groups in total. The van der Waals surface area contributed by atoms with Crippen LogP contribution in [-0.2, 0) is 11.2 Å². The predicted octanol–water partition coefficient (Wildman–Crippen LogP) is 4.93. The third-order valence-corrected chi connectivity index (χ3v) is 6.60. The number of amides is 2. The molecule has 2 aromatic heterocycles. The van der Waals surface area contributed by atoms with Crippen molar-refractivity contribution in [3.05, 3.63) is 52.2 Å². The molecule has 1 aromatic carbocycles. The SMILES string of the molecule is CCCCc1ccc(NC(=O)CSc2nnc(NC(=O)c3cccs3)s2)cc1. The van der Waals surface area contributed by atoms with Gasteiger partial charge in [0.15, 0.2) is 4.34 Å². The highest BCUT2D eigenvalue weighted by Gasteiger charge is 2.12. The first-order chi connectivity index (χ1) is 13.6. The summed E-state index contributed by atoms with van der Waals surface area (Å²) in [7, 11) is 0. The molecule has 0 unspecified atom stereocenters. The summed E-state index contributed by atoms with van der Waals surface area (Å²) in [5, 5.41) is 15.8. The van der Waals surface area contributed by atoms with E-state index in [4.69, 9.17) is 0 Å². The van der Waals surface area contributed by atoms with Gasteiger partial charge in [-0.05, 0) is 42.0 Å². The van der Waals surface area contributed by atoms with Gasteiger partial charge in [0.1, 0.15) is 0 Å². The number of nitrogens with one attached hydrogen (secondary N) is 2. The normalized spacial score (nSPS) is 10.6. The minimum Gasteiger partial charge on any atom is -0.325 e. The Morgan fingerprint density at radius 1 is 1.11 bits per heavy atom. The third-order valence-electron chi connectivity index (χ3n) is 3.76. The number of anilines is 2. The van der Waals surface area contributed by atoms with E-state index in [9.17, 15) is 9.59 Å². The molecule has 0 aliphatic heterocycles. The van der Waals surface area contributed by atoms with Crippen molar-refractivity contribution in [1.82, 2.24) is 10.2 Å². The van der Waals surface area contributed by atoms with Crippen LogP contribution < -0.4 is 10.6 Å². The van der Waals surface area contributed by atoms with Crippen molar-refractivity contribution in [2.45, 2.75) is 30.5 Å². The molecule has 3 aromatic rings. The largest absolute Gasteiger partial charge is 0.325 e. The van der Waals surface area contributed by atoms with Crippen molar-refractivity contribution in [2.75, 3.05) is 16.4 Å². The van der Waals surface area contributed by atoms with Crippen LogP contribution in [0.4, 0.5) is 10.8 Å². The summed E-state index contributed by atoms with van der Waals surface area (Å²) in [5.41, 5.74) is 2.06. The van der Waals surface area contributed by atoms with Gasteiger partial charge in [0, 0.05) is 5.69 Å². The highest BCUT2D eigenvalue weighted by Crippen LogP contribution is 2.26. The van der Waals surface area contributed by atoms with Crippen molar-refractivity contribution in [1.29, 1.82) is 0 Å². The van der Waals surface area contributed by atoms with Crippen LogP contribution in [0.25, 0.3) is 0 Å². The van der Waals surface area contributed by atoms with E-state index in [0.717, 1.165) is 12.1 Å². The van der Waals surface area contributed by atoms with E-state index in [2.05, 4.69) is 27.8 Å². The van der Waals surface area contributed by atoms with Gasteiger partial charge >= 0.3 is 0 Å². The molecule has 0 bridgehead atoms. The number of carbonyl (C=O) groups excluding carboxylic acids is 2. The average molecular weight is 433 g/mol. The van der Waals surface area contributed by atoms with Gasteiger partial charge in [-0.2, -0.15) is 0 Å². The Bertz CT molecular complexity index is 908. The number of hydrogen-bond acceptors (Lipinski definition) is 7. The molecule has 0 spiro atoms. The molecule has 0 saturated heterocycles. The highest BCUT2D eigenvalue weighted by atomic mass is 32.2. The summed E-state index contributed by atoms with van der Waals surface area (Å²) in [6.07, 6.45) is 3.39. The first-order valence-electron chi connectivity index (χ1n) is 8.84. The van der Waals surface area contributed by atoms with Crippen molar-refractivity contribution in [2.24, 2.45) is 0 Å². The van der Waals surface area contributed by atoms with Gasteiger partial charge in [-0.15, -0.1) is 21.5 Å². The Balaban J connectivity index is 1.44. The maximum Gasteiger partial charge on any atom is 0.267 e. The number of aryl methyl sites for hydroxylation is 1. The van der Waals surface area contributed by atoms with Crippen molar-refractivity contribution < 1.29 is 9.59 Å². The molecule has 6 nitrogen and oxygen atoms in total. The van der Waals surface area contributed by atoms with Crippen LogP contribution >= 0.6 is 34.4 Å². The summed E-state index contributed by atoms with van der Waals surface area (Å²) < 4.78 is 0.631. The fraction of sp³-hybridized carbons (Fsp3) is 0.263. The molecule has 146 valence electrons. The van der Waals surface area contributed by atoms with Crippen LogP contribution in [0.3, 0.4) is 0 Å². The van der Waals surface area contributed by atoms with Crippen molar-refractivity contribution in [3.8, 4) is 0 Å². The number of rotatable bonds is 9. The fourth-order valence-electron chi connectivity index (χ4n) is 2.35. The lowest BCUT2D eigenvalue weighted by Gasteiger charge is -2.05. The maximum absolute atomic E-state index is 12.1. The summed E-state index contributed by atoms with van der Waals surface area (Å²) in [4.78, 5) is 24.8. The zero-order valence-corrected chi connectivity index (χ0v) is 17.8. The van der Waals surface area contributed by atoms with Gasteiger partial charge < -0.3 is 5.32 Å². The second-order valence-electron chi connectivity index (χ2n) is 5.94. The molecule has 28 heavy (non-hydrogen) atoms. The summed E-state index contributed by atoms with van der Waals surface area (Å²) in [6.45, 7) is 2.17. The summed E-state index contributed by atoms with van der Waals surface area (Å²) >= 11 is 3.90. The molecule has 0 saturated carbocycles. The topological polar surface area (TPSA) is 84.0 Å². The van der Waals surface area contributed by atoms with E-state index in [1.54, 1.807) is 6.07 Å². The molecule has 0 atom stereocenters. The smallest absolute Gasteiger partial charge is 0.267 e. The minimum absolute atomic E-state index is 0.106. The van der Waals surface area contributed by atoms with E-state index in [1.165, 1.54) is 52.8 Å². The lowest BCUT2D eigenvalue weighted by atomic mass is 10.1. The summed E-state index contributed by atoms with van der Waals surface area (Å²) in [5.74, 6) is -0.0843. The number of thioether (sulfide) groups is 1. The maximum atomic E-state index is 12.1. The van der Waals surface area contributed by atoms with Gasteiger partial charge in [0.2, 0.25) is 11.0 Å². The van der Waals surface area contributed by atoms with Gasteiger partial charge in [-0.3, -0.25) is 14.9 Å². The predicted molar refractivity (Wildman–Crippen MR) is 117 cm³/mol. The lowest BCUT2D eigenvalue weighted by Crippen LogP contribution is -2.13. The Hall–Kier alpha value is -2.23. The molecule has 0 fully saturated rings. The van der Waals surface area contributed by atoms with Gasteiger partial charge in [-0.25, -0.2) is 0 Å². The third kappa shape index (κ3) is 6.15. The first-order valence-corrected chi connectivity index (χ1v) is 11.5. The van der Waals surface area contributed by atoms with E-state index < -0.39 is 0 Å². The number of thiophene rings is 1. The molecule has 0 aliphatic rings. The molecule has 9 heteroatoms. The van der Waals surface area contributed by atoms with Crippen LogP contribution in [0, 0.1) is 0 Å². The Kier molecular flexibility index (Phi) is 7.58. The Labute approximate surface area is 175 Å². The standard InChI is InChI=1S/C19H20N4O2S3/c1-2-3-5-13-7-9-14(10-8-13)20-16(24)12-27-19-23-22-18(28-19)21-17(25)15-6-4-11-26-15/h4,6-11H,2-3,5,12H2,1H3,(H,20,24)(H,21,22,25). The number of aromatic nitrogens is 2. The van der Waals surface area contributed by atoms with E-state index >= 15 is 0 Å². The zero-order chi connectivity index (χ0) is 19.8. The molecule has 2 amide bonds. The van der Waals surface area contributed by atoms with Crippen LogP contribution in [0.2, 0.25) is 0 Å². The second-order valence-corrected chi connectivity index (χ2v) is 9.09. The molecule has 3 rings (SSSR count). The van der Waals surface area contributed by atoms with Crippen LogP contribution in [0.5, 0.6) is 0 Å². The molecule has 2 heterocycles. The quantitative estimate of drug-likeness (QED) is 0.370. The molecule has 0 aliphatic carbocycles. The second kappa shape index (κ2) is 10.4. The Morgan fingerprint density at radius 3 is 2.64 bits per heavy atom. The number of unbranched alkanes of at least 4 members (excludes halogenated alkanes) is 1. The van der Waals surface area contributed by atoms with E-state index in [1.807, 2.05) is 35.7 Å². The number of nitrogens with zero attached hydrogens (tertiary/aromatic N) is 2. The highest BCUT2D eigenvalue weighted by molar-refractivity contribution is 8.01. The van der Waals surface area contributed by atoms with Gasteiger partial charge in [-0.1, -0.05) is 54.6 Å². The van der Waals surface area contributed by atoms with Gasteiger partial charge in [0.25, 0.3) is 5.91 Å². The zero-order valence-electron chi connectivity index (χ0n) is 15.3. The number of carbonyl (C=O) groups is 2. The van der Waals surface area contributed by atoms with Crippen LogP contribution in [0.1, 0.15) is 35.0 Å². The van der Waals surface area contributed by atoms with E-state index in [-0.39, 0.29) is 17.6 Å². The van der Waals surface area contributed by atoms with Crippen molar-refractivity contribution in [3.63, 3.8) is 0 Å². The number of hydrogen-bond donors (Lipinski definition) is 2. The van der Waals surface area contributed by atoms with Crippen LogP contribution in [-0.4, -0.2) is 27.8 Å². The monoisotopic (exact) mass is 432 g/mol. The first kappa shape index (κ1) is 20.5. The molecular formula is C19H20N4O2S3. The fourth-order valence-corrected chi connectivity index (χ4v) is 4.51. The molecule has 0 radical (unpaired) electrons. The lowest BCUT2D eigenvalue weighted by molar-refractivity contribution is -0.113. The van der Waals surface area contributed by atoms with Crippen LogP contribution in [0.15, 0.2) is 46.1 Å².